The first-order valence-corrected chi connectivity index (χ1v) is 7.09. The Bertz CT molecular complexity index is 711. The molecule has 6 heteroatoms. The van der Waals surface area contributed by atoms with Crippen molar-refractivity contribution in [2.24, 2.45) is 0 Å². The molecule has 0 saturated carbocycles. The van der Waals surface area contributed by atoms with Crippen molar-refractivity contribution in [3.8, 4) is 11.5 Å². The van der Waals surface area contributed by atoms with Crippen LogP contribution in [0, 0.1) is 0 Å². The number of methoxy groups -OCH3 is 2. The summed E-state index contributed by atoms with van der Waals surface area (Å²) in [5.74, 6) is -0.544. The summed E-state index contributed by atoms with van der Waals surface area (Å²) in [6.07, 6.45) is 0. The first-order valence-electron chi connectivity index (χ1n) is 6.30. The van der Waals surface area contributed by atoms with Gasteiger partial charge in [0, 0.05) is 4.47 Å². The van der Waals surface area contributed by atoms with Gasteiger partial charge < -0.3 is 14.2 Å². The Balaban J connectivity index is 2.28. The van der Waals surface area contributed by atoms with Gasteiger partial charge in [0.25, 0.3) is 0 Å². The number of rotatable bonds is 4. The van der Waals surface area contributed by atoms with Gasteiger partial charge >= 0.3 is 11.9 Å². The molecule has 0 aliphatic heterocycles. The lowest BCUT2D eigenvalue weighted by Gasteiger charge is -2.11. The molecule has 2 aromatic carbocycles. The maximum Gasteiger partial charge on any atom is 0.344 e. The van der Waals surface area contributed by atoms with Crippen LogP contribution in [0.2, 0.25) is 0 Å². The van der Waals surface area contributed by atoms with Crippen molar-refractivity contribution < 1.29 is 23.8 Å². The topological polar surface area (TPSA) is 61.8 Å². The largest absolute Gasteiger partial charge is 0.493 e. The number of hydrogen-bond donors (Lipinski definition) is 0. The predicted molar refractivity (Wildman–Crippen MR) is 83.4 cm³/mol. The minimum Gasteiger partial charge on any atom is -0.493 e. The second kappa shape index (κ2) is 7.09. The molecule has 0 aliphatic rings. The fraction of sp³-hybridized carbons (Fsp3) is 0.125. The number of carbonyl (C=O) groups is 2. The van der Waals surface area contributed by atoms with Crippen molar-refractivity contribution in [2.45, 2.75) is 0 Å². The Hall–Kier alpha value is -2.34. The third kappa shape index (κ3) is 3.46. The summed E-state index contributed by atoms with van der Waals surface area (Å²) in [5, 5.41) is 0. The standard InChI is InChI=1S/C16H13BrO5/c1-20-14-9-10(15(18)21-2)7-8-13(14)22-16(19)11-5-3-4-6-12(11)17/h3-9H,1-2H3. The summed E-state index contributed by atoms with van der Waals surface area (Å²) >= 11 is 3.29. The fourth-order valence-corrected chi connectivity index (χ4v) is 2.22. The first-order chi connectivity index (χ1) is 10.6. The predicted octanol–water partition coefficient (Wildman–Crippen LogP) is 3.46. The van der Waals surface area contributed by atoms with Gasteiger partial charge in [0.1, 0.15) is 0 Å². The first kappa shape index (κ1) is 16.0. The number of carbonyl (C=O) groups excluding carboxylic acids is 2. The average Bonchev–Trinajstić information content (AvgIpc) is 2.54. The van der Waals surface area contributed by atoms with Crippen LogP contribution in [-0.4, -0.2) is 26.2 Å². The Kier molecular flexibility index (Phi) is 5.16. The second-order valence-electron chi connectivity index (χ2n) is 4.23. The molecule has 5 nitrogen and oxygen atoms in total. The van der Waals surface area contributed by atoms with Crippen molar-refractivity contribution >= 4 is 27.9 Å². The third-order valence-corrected chi connectivity index (χ3v) is 3.57. The molecule has 0 aliphatic carbocycles. The van der Waals surface area contributed by atoms with Crippen molar-refractivity contribution in [3.63, 3.8) is 0 Å². The van der Waals surface area contributed by atoms with E-state index in [2.05, 4.69) is 20.7 Å². The molecule has 0 atom stereocenters. The van der Waals surface area contributed by atoms with Gasteiger partial charge in [0.05, 0.1) is 25.3 Å². The van der Waals surface area contributed by atoms with E-state index in [1.807, 2.05) is 0 Å². The molecule has 0 spiro atoms. The average molecular weight is 365 g/mol. The van der Waals surface area contributed by atoms with E-state index < -0.39 is 11.9 Å². The zero-order chi connectivity index (χ0) is 16.1. The zero-order valence-electron chi connectivity index (χ0n) is 12.0. The molecule has 0 N–H and O–H groups in total. The third-order valence-electron chi connectivity index (χ3n) is 2.88. The maximum absolute atomic E-state index is 12.2. The number of halogens is 1. The summed E-state index contributed by atoms with van der Waals surface area (Å²) in [7, 11) is 2.71. The summed E-state index contributed by atoms with van der Waals surface area (Å²) in [6, 6.07) is 11.4. The highest BCUT2D eigenvalue weighted by atomic mass is 79.9. The van der Waals surface area contributed by atoms with Gasteiger partial charge in [-0.1, -0.05) is 12.1 Å². The van der Waals surface area contributed by atoms with Gasteiger partial charge in [-0.25, -0.2) is 9.59 Å². The van der Waals surface area contributed by atoms with Crippen LogP contribution in [-0.2, 0) is 4.74 Å². The SMILES string of the molecule is COC(=O)c1ccc(OC(=O)c2ccccc2Br)c(OC)c1. The highest BCUT2D eigenvalue weighted by Crippen LogP contribution is 2.29. The maximum atomic E-state index is 12.2. The Morgan fingerprint density at radius 3 is 2.32 bits per heavy atom. The van der Waals surface area contributed by atoms with Crippen LogP contribution in [0.5, 0.6) is 11.5 Å². The molecule has 0 unspecified atom stereocenters. The molecule has 0 saturated heterocycles. The lowest BCUT2D eigenvalue weighted by molar-refractivity contribution is 0.0600. The van der Waals surface area contributed by atoms with Crippen LogP contribution < -0.4 is 9.47 Å². The van der Waals surface area contributed by atoms with E-state index in [-0.39, 0.29) is 11.5 Å². The van der Waals surface area contributed by atoms with E-state index >= 15 is 0 Å². The van der Waals surface area contributed by atoms with Crippen molar-refractivity contribution in [1.29, 1.82) is 0 Å². The summed E-state index contributed by atoms with van der Waals surface area (Å²) in [5.41, 5.74) is 0.696. The van der Waals surface area contributed by atoms with Crippen LogP contribution in [0.4, 0.5) is 0 Å². The van der Waals surface area contributed by atoms with Gasteiger partial charge in [0.15, 0.2) is 11.5 Å². The molecule has 114 valence electrons. The molecule has 0 aromatic heterocycles. The van der Waals surface area contributed by atoms with Crippen LogP contribution in [0.3, 0.4) is 0 Å². The van der Waals surface area contributed by atoms with E-state index in [1.54, 1.807) is 24.3 Å². The summed E-state index contributed by atoms with van der Waals surface area (Å²) < 4.78 is 15.7. The highest BCUT2D eigenvalue weighted by Gasteiger charge is 2.16. The van der Waals surface area contributed by atoms with E-state index in [1.165, 1.54) is 32.4 Å². The number of ether oxygens (including phenoxy) is 3. The second-order valence-corrected chi connectivity index (χ2v) is 5.08. The van der Waals surface area contributed by atoms with Crippen LogP contribution in [0.1, 0.15) is 20.7 Å². The highest BCUT2D eigenvalue weighted by molar-refractivity contribution is 9.10. The van der Waals surface area contributed by atoms with Crippen LogP contribution in [0.25, 0.3) is 0 Å². The summed E-state index contributed by atoms with van der Waals surface area (Å²) in [4.78, 5) is 23.7. The quantitative estimate of drug-likeness (QED) is 0.613. The number of hydrogen-bond acceptors (Lipinski definition) is 5. The Labute approximate surface area is 135 Å². The van der Waals surface area contributed by atoms with E-state index in [0.29, 0.717) is 15.6 Å². The molecule has 0 heterocycles. The Morgan fingerprint density at radius 1 is 0.955 bits per heavy atom. The minimum atomic E-state index is -0.531. The minimum absolute atomic E-state index is 0.218. The molecule has 0 bridgehead atoms. The monoisotopic (exact) mass is 364 g/mol. The fourth-order valence-electron chi connectivity index (χ4n) is 1.78. The van der Waals surface area contributed by atoms with Gasteiger partial charge in [-0.05, 0) is 46.3 Å². The molecule has 2 rings (SSSR count). The van der Waals surface area contributed by atoms with Crippen molar-refractivity contribution in [3.05, 3.63) is 58.1 Å². The van der Waals surface area contributed by atoms with Gasteiger partial charge in [-0.15, -0.1) is 0 Å². The Morgan fingerprint density at radius 2 is 1.68 bits per heavy atom. The molecule has 22 heavy (non-hydrogen) atoms. The van der Waals surface area contributed by atoms with Crippen LogP contribution >= 0.6 is 15.9 Å². The molecular formula is C16H13BrO5. The summed E-state index contributed by atoms with van der Waals surface area (Å²) in [6.45, 7) is 0. The van der Waals surface area contributed by atoms with E-state index in [9.17, 15) is 9.59 Å². The molecule has 0 amide bonds. The van der Waals surface area contributed by atoms with Gasteiger partial charge in [-0.3, -0.25) is 0 Å². The number of esters is 2. The van der Waals surface area contributed by atoms with Gasteiger partial charge in [-0.2, -0.15) is 0 Å². The molecular weight excluding hydrogens is 352 g/mol. The smallest absolute Gasteiger partial charge is 0.344 e. The zero-order valence-corrected chi connectivity index (χ0v) is 13.5. The van der Waals surface area contributed by atoms with Crippen LogP contribution in [0.15, 0.2) is 46.9 Å². The molecule has 0 fully saturated rings. The van der Waals surface area contributed by atoms with Gasteiger partial charge in [0.2, 0.25) is 0 Å². The number of benzene rings is 2. The van der Waals surface area contributed by atoms with E-state index in [4.69, 9.17) is 9.47 Å². The lowest BCUT2D eigenvalue weighted by atomic mass is 10.2. The lowest BCUT2D eigenvalue weighted by Crippen LogP contribution is -2.10. The normalized spacial score (nSPS) is 9.95. The van der Waals surface area contributed by atoms with Crippen molar-refractivity contribution in [2.75, 3.05) is 14.2 Å². The molecule has 2 aromatic rings. The van der Waals surface area contributed by atoms with E-state index in [0.717, 1.165) is 0 Å². The van der Waals surface area contributed by atoms with Crippen molar-refractivity contribution in [1.82, 2.24) is 0 Å². The molecule has 0 radical (unpaired) electrons.